The molecular formula is C17H20N6O2. The van der Waals surface area contributed by atoms with Gasteiger partial charge >= 0.3 is 0 Å². The van der Waals surface area contributed by atoms with Gasteiger partial charge in [-0.1, -0.05) is 25.1 Å². The van der Waals surface area contributed by atoms with Crippen LogP contribution in [0.4, 0.5) is 0 Å². The van der Waals surface area contributed by atoms with Crippen LogP contribution in [-0.4, -0.2) is 31.2 Å². The summed E-state index contributed by atoms with van der Waals surface area (Å²) in [5.41, 5.74) is 1.64. The highest BCUT2D eigenvalue weighted by atomic mass is 16.5. The van der Waals surface area contributed by atoms with Crippen LogP contribution in [0.15, 0.2) is 35.0 Å². The second-order valence-electron chi connectivity index (χ2n) is 6.22. The van der Waals surface area contributed by atoms with Crippen LogP contribution < -0.4 is 5.32 Å². The number of amides is 1. The van der Waals surface area contributed by atoms with E-state index in [4.69, 9.17) is 4.52 Å². The summed E-state index contributed by atoms with van der Waals surface area (Å²) >= 11 is 0. The molecule has 0 bridgehead atoms. The second kappa shape index (κ2) is 7.25. The first kappa shape index (κ1) is 16.8. The molecule has 0 aliphatic heterocycles. The Morgan fingerprint density at radius 3 is 2.84 bits per heavy atom. The molecule has 0 aliphatic rings. The number of H-pyrrole nitrogens is 1. The molecule has 2 N–H and O–H groups in total. The molecule has 8 nitrogen and oxygen atoms in total. The topological polar surface area (TPSA) is 110 Å². The minimum absolute atomic E-state index is 0.300. The van der Waals surface area contributed by atoms with Crippen LogP contribution in [0.25, 0.3) is 11.4 Å². The molecule has 3 aromatic rings. The molecule has 0 saturated heterocycles. The molecule has 1 amide bonds. The van der Waals surface area contributed by atoms with Crippen LogP contribution in [-0.2, 0) is 6.42 Å². The smallest absolute Gasteiger partial charge is 0.269 e. The highest BCUT2D eigenvalue weighted by molar-refractivity contribution is 5.93. The van der Waals surface area contributed by atoms with Crippen molar-refractivity contribution in [2.75, 3.05) is 0 Å². The van der Waals surface area contributed by atoms with E-state index in [1.165, 1.54) is 0 Å². The van der Waals surface area contributed by atoms with Gasteiger partial charge in [-0.15, -0.1) is 0 Å². The van der Waals surface area contributed by atoms with Crippen molar-refractivity contribution in [3.63, 3.8) is 0 Å². The number of rotatable bonds is 6. The molecule has 8 heteroatoms. The number of carbonyl (C=O) groups excluding carboxylic acids is 1. The molecule has 130 valence electrons. The van der Waals surface area contributed by atoms with Gasteiger partial charge in [-0.3, -0.25) is 14.9 Å². The lowest BCUT2D eigenvalue weighted by Gasteiger charge is -2.07. The maximum Gasteiger partial charge on any atom is 0.269 e. The van der Waals surface area contributed by atoms with E-state index in [1.54, 1.807) is 19.2 Å². The van der Waals surface area contributed by atoms with Gasteiger partial charge in [0.1, 0.15) is 17.4 Å². The number of aromatic amines is 1. The first-order valence-electron chi connectivity index (χ1n) is 8.13. The van der Waals surface area contributed by atoms with E-state index >= 15 is 0 Å². The zero-order chi connectivity index (χ0) is 17.8. The number of hydrogen-bond donors (Lipinski definition) is 2. The second-order valence-corrected chi connectivity index (χ2v) is 6.22. The predicted molar refractivity (Wildman–Crippen MR) is 90.5 cm³/mol. The molecule has 0 radical (unpaired) electrons. The van der Waals surface area contributed by atoms with Crippen molar-refractivity contribution in [1.82, 2.24) is 30.6 Å². The summed E-state index contributed by atoms with van der Waals surface area (Å²) in [6.07, 6.45) is 2.41. The molecule has 1 atom stereocenters. The average molecular weight is 340 g/mol. The van der Waals surface area contributed by atoms with E-state index in [2.05, 4.69) is 44.5 Å². The van der Waals surface area contributed by atoms with Gasteiger partial charge < -0.3 is 9.84 Å². The lowest BCUT2D eigenvalue weighted by molar-refractivity contribution is 0.0927. The summed E-state index contributed by atoms with van der Waals surface area (Å²) in [6.45, 7) is 5.96. The summed E-state index contributed by atoms with van der Waals surface area (Å²) in [4.78, 5) is 20.9. The molecule has 25 heavy (non-hydrogen) atoms. The summed E-state index contributed by atoms with van der Waals surface area (Å²) in [7, 11) is 0. The number of nitrogens with one attached hydrogen (secondary N) is 2. The zero-order valence-corrected chi connectivity index (χ0v) is 14.4. The van der Waals surface area contributed by atoms with Gasteiger partial charge in [-0.05, 0) is 31.0 Å². The molecule has 3 aromatic heterocycles. The molecule has 0 aromatic carbocycles. The van der Waals surface area contributed by atoms with Gasteiger partial charge in [0.05, 0.1) is 5.69 Å². The van der Waals surface area contributed by atoms with Crippen molar-refractivity contribution in [1.29, 1.82) is 0 Å². The minimum Gasteiger partial charge on any atom is -0.339 e. The van der Waals surface area contributed by atoms with Crippen molar-refractivity contribution in [2.24, 2.45) is 5.92 Å². The summed E-state index contributed by atoms with van der Waals surface area (Å²) in [6, 6.07) is 6.77. The third-order valence-electron chi connectivity index (χ3n) is 3.54. The molecule has 0 saturated carbocycles. The van der Waals surface area contributed by atoms with E-state index in [0.717, 1.165) is 6.42 Å². The first-order chi connectivity index (χ1) is 12.0. The fourth-order valence-corrected chi connectivity index (χ4v) is 2.31. The Bertz CT molecular complexity index is 840. The largest absolute Gasteiger partial charge is 0.339 e. The highest BCUT2D eigenvalue weighted by Crippen LogP contribution is 2.16. The summed E-state index contributed by atoms with van der Waals surface area (Å²) in [5.74, 6) is 1.16. The van der Waals surface area contributed by atoms with E-state index in [1.807, 2.05) is 18.2 Å². The van der Waals surface area contributed by atoms with Crippen molar-refractivity contribution in [3.8, 4) is 11.4 Å². The average Bonchev–Trinajstić information content (AvgIpc) is 3.24. The fourth-order valence-electron chi connectivity index (χ4n) is 2.31. The van der Waals surface area contributed by atoms with Crippen molar-refractivity contribution < 1.29 is 9.32 Å². The van der Waals surface area contributed by atoms with Gasteiger partial charge in [-0.2, -0.15) is 10.1 Å². The zero-order valence-electron chi connectivity index (χ0n) is 14.4. The number of carbonyl (C=O) groups is 1. The Morgan fingerprint density at radius 1 is 1.28 bits per heavy atom. The number of pyridine rings is 1. The monoisotopic (exact) mass is 340 g/mol. The normalized spacial score (nSPS) is 12.3. The number of nitrogens with zero attached hydrogens (tertiary/aromatic N) is 4. The van der Waals surface area contributed by atoms with E-state index in [0.29, 0.717) is 34.7 Å². The summed E-state index contributed by atoms with van der Waals surface area (Å²) in [5, 5.41) is 13.6. The Hall–Kier alpha value is -3.03. The molecular weight excluding hydrogens is 320 g/mol. The maximum atomic E-state index is 12.4. The third kappa shape index (κ3) is 4.09. The molecule has 0 aliphatic carbocycles. The van der Waals surface area contributed by atoms with Crippen LogP contribution in [0.2, 0.25) is 0 Å². The number of hydrogen-bond acceptors (Lipinski definition) is 6. The Balaban J connectivity index is 1.66. The SMILES string of the molecule is CC(C)Cc1noc(C(C)NC(=O)c2cc(-c3ccccn3)n[nH]2)n1. The highest BCUT2D eigenvalue weighted by Gasteiger charge is 2.19. The van der Waals surface area contributed by atoms with E-state index in [9.17, 15) is 4.79 Å². The standard InChI is InChI=1S/C17H20N6O2/c1-10(2)8-15-20-17(25-23-15)11(3)19-16(24)14-9-13(21-22-14)12-6-4-5-7-18-12/h4-7,9-11H,8H2,1-3H3,(H,19,24)(H,21,22). The molecule has 1 unspecified atom stereocenters. The van der Waals surface area contributed by atoms with Gasteiger partial charge in [0.25, 0.3) is 5.91 Å². The van der Waals surface area contributed by atoms with Gasteiger partial charge in [0.2, 0.25) is 5.89 Å². The third-order valence-corrected chi connectivity index (χ3v) is 3.54. The van der Waals surface area contributed by atoms with E-state index in [-0.39, 0.29) is 5.91 Å². The maximum absolute atomic E-state index is 12.4. The van der Waals surface area contributed by atoms with Gasteiger partial charge in [0, 0.05) is 12.6 Å². The Labute approximate surface area is 145 Å². The molecule has 3 rings (SSSR count). The van der Waals surface area contributed by atoms with Gasteiger partial charge in [-0.25, -0.2) is 0 Å². The van der Waals surface area contributed by atoms with Crippen molar-refractivity contribution in [3.05, 3.63) is 47.9 Å². The fraction of sp³-hybridized carbons (Fsp3) is 0.353. The van der Waals surface area contributed by atoms with Crippen molar-refractivity contribution >= 4 is 5.91 Å². The summed E-state index contributed by atoms with van der Waals surface area (Å²) < 4.78 is 5.23. The predicted octanol–water partition coefficient (Wildman–Crippen LogP) is 2.54. The van der Waals surface area contributed by atoms with Crippen molar-refractivity contribution in [2.45, 2.75) is 33.2 Å². The first-order valence-corrected chi connectivity index (χ1v) is 8.13. The van der Waals surface area contributed by atoms with Gasteiger partial charge in [0.15, 0.2) is 5.82 Å². The lowest BCUT2D eigenvalue weighted by atomic mass is 10.1. The van der Waals surface area contributed by atoms with E-state index < -0.39 is 6.04 Å². The molecule has 0 fully saturated rings. The van der Waals surface area contributed by atoms with Crippen LogP contribution in [0.3, 0.4) is 0 Å². The molecule has 3 heterocycles. The Kier molecular flexibility index (Phi) is 4.87. The van der Waals surface area contributed by atoms with Crippen LogP contribution >= 0.6 is 0 Å². The number of aromatic nitrogens is 5. The Morgan fingerprint density at radius 2 is 2.12 bits per heavy atom. The lowest BCUT2D eigenvalue weighted by Crippen LogP contribution is -2.27. The molecule has 0 spiro atoms. The van der Waals surface area contributed by atoms with Crippen LogP contribution in [0.5, 0.6) is 0 Å². The van der Waals surface area contributed by atoms with Crippen LogP contribution in [0, 0.1) is 5.92 Å². The minimum atomic E-state index is -0.400. The quantitative estimate of drug-likeness (QED) is 0.713. The van der Waals surface area contributed by atoms with Crippen LogP contribution in [0.1, 0.15) is 49.0 Å².